The van der Waals surface area contributed by atoms with Gasteiger partial charge in [-0.05, 0) is 41.3 Å². The van der Waals surface area contributed by atoms with Gasteiger partial charge in [0.1, 0.15) is 5.75 Å². The SMILES string of the molecule is COc1ccc(C2CN(S(=O)(=O)c3ccc(C(C)C)cc3)CCO2)cc1. The fourth-order valence-electron chi connectivity index (χ4n) is 3.04. The molecule has 26 heavy (non-hydrogen) atoms. The van der Waals surface area contributed by atoms with Crippen molar-refractivity contribution in [2.45, 2.75) is 30.8 Å². The zero-order valence-corrected chi connectivity index (χ0v) is 16.2. The first-order valence-corrected chi connectivity index (χ1v) is 10.2. The first-order chi connectivity index (χ1) is 12.4. The Labute approximate surface area is 155 Å². The molecule has 3 rings (SSSR count). The highest BCUT2D eigenvalue weighted by atomic mass is 32.2. The van der Waals surface area contributed by atoms with Gasteiger partial charge >= 0.3 is 0 Å². The largest absolute Gasteiger partial charge is 0.497 e. The molecule has 2 aromatic rings. The van der Waals surface area contributed by atoms with Crippen LogP contribution >= 0.6 is 0 Å². The Morgan fingerprint density at radius 1 is 1.08 bits per heavy atom. The van der Waals surface area contributed by atoms with Gasteiger partial charge in [0.25, 0.3) is 0 Å². The van der Waals surface area contributed by atoms with Crippen LogP contribution in [0.2, 0.25) is 0 Å². The number of nitrogens with zero attached hydrogens (tertiary/aromatic N) is 1. The molecule has 1 aliphatic rings. The monoisotopic (exact) mass is 375 g/mol. The molecule has 1 saturated heterocycles. The summed E-state index contributed by atoms with van der Waals surface area (Å²) in [6.07, 6.45) is -0.278. The van der Waals surface area contributed by atoms with Crippen LogP contribution in [0, 0.1) is 0 Å². The van der Waals surface area contributed by atoms with Gasteiger partial charge in [-0.1, -0.05) is 38.1 Å². The summed E-state index contributed by atoms with van der Waals surface area (Å²) < 4.78 is 38.5. The lowest BCUT2D eigenvalue weighted by Gasteiger charge is -2.32. The van der Waals surface area contributed by atoms with Crippen molar-refractivity contribution >= 4 is 10.0 Å². The molecule has 0 radical (unpaired) electrons. The minimum Gasteiger partial charge on any atom is -0.497 e. The van der Waals surface area contributed by atoms with Crippen LogP contribution in [0.1, 0.15) is 37.0 Å². The van der Waals surface area contributed by atoms with Crippen molar-refractivity contribution < 1.29 is 17.9 Å². The molecular formula is C20H25NO4S. The highest BCUT2D eigenvalue weighted by molar-refractivity contribution is 7.89. The molecule has 5 nitrogen and oxygen atoms in total. The minimum absolute atomic E-state index is 0.278. The molecule has 6 heteroatoms. The van der Waals surface area contributed by atoms with Crippen LogP contribution in [0.5, 0.6) is 5.75 Å². The Bertz CT molecular complexity index is 829. The Kier molecular flexibility index (Phi) is 5.65. The summed E-state index contributed by atoms with van der Waals surface area (Å²) in [4.78, 5) is 0.331. The molecule has 1 atom stereocenters. The topological polar surface area (TPSA) is 55.8 Å². The summed E-state index contributed by atoms with van der Waals surface area (Å²) in [6, 6.07) is 14.7. The Balaban J connectivity index is 1.78. The van der Waals surface area contributed by atoms with E-state index in [1.54, 1.807) is 19.2 Å². The highest BCUT2D eigenvalue weighted by Crippen LogP contribution is 2.28. The zero-order chi connectivity index (χ0) is 18.7. The summed E-state index contributed by atoms with van der Waals surface area (Å²) >= 11 is 0. The molecule has 140 valence electrons. The maximum Gasteiger partial charge on any atom is 0.243 e. The molecule has 0 saturated carbocycles. The van der Waals surface area contributed by atoms with Gasteiger partial charge in [0.2, 0.25) is 10.0 Å². The second-order valence-electron chi connectivity index (χ2n) is 6.72. The van der Waals surface area contributed by atoms with Crippen molar-refractivity contribution in [1.29, 1.82) is 0 Å². The van der Waals surface area contributed by atoms with E-state index in [0.717, 1.165) is 16.9 Å². The van der Waals surface area contributed by atoms with Gasteiger partial charge in [-0.25, -0.2) is 8.42 Å². The molecule has 0 aliphatic carbocycles. The van der Waals surface area contributed by atoms with E-state index in [4.69, 9.17) is 9.47 Å². The van der Waals surface area contributed by atoms with Crippen LogP contribution in [0.25, 0.3) is 0 Å². The number of methoxy groups -OCH3 is 1. The molecule has 1 unspecified atom stereocenters. The van der Waals surface area contributed by atoms with E-state index >= 15 is 0 Å². The van der Waals surface area contributed by atoms with Crippen molar-refractivity contribution in [2.75, 3.05) is 26.8 Å². The third-order valence-corrected chi connectivity index (χ3v) is 6.58. The fraction of sp³-hybridized carbons (Fsp3) is 0.400. The number of sulfonamides is 1. The predicted molar refractivity (Wildman–Crippen MR) is 101 cm³/mol. The van der Waals surface area contributed by atoms with E-state index in [1.807, 2.05) is 36.4 Å². The van der Waals surface area contributed by atoms with Gasteiger partial charge in [-0.3, -0.25) is 0 Å². The van der Waals surface area contributed by atoms with Crippen LogP contribution in [0.4, 0.5) is 0 Å². The van der Waals surface area contributed by atoms with Crippen molar-refractivity contribution in [3.63, 3.8) is 0 Å². The van der Waals surface area contributed by atoms with Gasteiger partial charge < -0.3 is 9.47 Å². The number of hydrogen-bond acceptors (Lipinski definition) is 4. The second kappa shape index (κ2) is 7.78. The molecular weight excluding hydrogens is 350 g/mol. The van der Waals surface area contributed by atoms with E-state index in [9.17, 15) is 8.42 Å². The van der Waals surface area contributed by atoms with Gasteiger partial charge in [-0.15, -0.1) is 0 Å². The smallest absolute Gasteiger partial charge is 0.243 e. The van der Waals surface area contributed by atoms with Crippen LogP contribution in [0.3, 0.4) is 0 Å². The molecule has 0 bridgehead atoms. The second-order valence-corrected chi connectivity index (χ2v) is 8.66. The Morgan fingerprint density at radius 3 is 2.31 bits per heavy atom. The number of morpholine rings is 1. The predicted octanol–water partition coefficient (Wildman–Crippen LogP) is 3.58. The molecule has 1 heterocycles. The molecule has 0 amide bonds. The third-order valence-electron chi connectivity index (χ3n) is 4.70. The Morgan fingerprint density at radius 2 is 1.73 bits per heavy atom. The lowest BCUT2D eigenvalue weighted by Crippen LogP contribution is -2.42. The quantitative estimate of drug-likeness (QED) is 0.801. The van der Waals surface area contributed by atoms with E-state index < -0.39 is 10.0 Å². The van der Waals surface area contributed by atoms with Crippen molar-refractivity contribution in [1.82, 2.24) is 4.31 Å². The lowest BCUT2D eigenvalue weighted by molar-refractivity contribution is -0.00257. The van der Waals surface area contributed by atoms with Crippen molar-refractivity contribution in [2.24, 2.45) is 0 Å². The molecule has 0 aromatic heterocycles. The molecule has 0 N–H and O–H groups in total. The van der Waals surface area contributed by atoms with Crippen LogP contribution < -0.4 is 4.74 Å². The molecule has 0 spiro atoms. The maximum absolute atomic E-state index is 13.0. The van der Waals surface area contributed by atoms with Gasteiger partial charge in [0, 0.05) is 13.1 Å². The standard InChI is InChI=1S/C20H25NO4S/c1-15(2)16-6-10-19(11-7-16)26(22,23)21-12-13-25-20(14-21)17-4-8-18(24-3)9-5-17/h4-11,15,20H,12-14H2,1-3H3. The zero-order valence-electron chi connectivity index (χ0n) is 15.4. The Hall–Kier alpha value is -1.89. The van der Waals surface area contributed by atoms with E-state index in [-0.39, 0.29) is 6.10 Å². The normalized spacial score (nSPS) is 18.8. The third kappa shape index (κ3) is 3.92. The summed E-state index contributed by atoms with van der Waals surface area (Å²) in [5, 5.41) is 0. The van der Waals surface area contributed by atoms with Gasteiger partial charge in [-0.2, -0.15) is 4.31 Å². The number of ether oxygens (including phenoxy) is 2. The summed E-state index contributed by atoms with van der Waals surface area (Å²) in [5.41, 5.74) is 2.07. The van der Waals surface area contributed by atoms with Crippen LogP contribution in [0.15, 0.2) is 53.4 Å². The van der Waals surface area contributed by atoms with E-state index in [0.29, 0.717) is 30.5 Å². The summed E-state index contributed by atoms with van der Waals surface area (Å²) in [5.74, 6) is 1.13. The van der Waals surface area contributed by atoms with Gasteiger partial charge in [0.15, 0.2) is 0 Å². The van der Waals surface area contributed by atoms with E-state index in [2.05, 4.69) is 13.8 Å². The average molecular weight is 375 g/mol. The van der Waals surface area contributed by atoms with Crippen molar-refractivity contribution in [3.05, 3.63) is 59.7 Å². The van der Waals surface area contributed by atoms with Crippen LogP contribution in [-0.4, -0.2) is 39.5 Å². The molecule has 1 fully saturated rings. The highest BCUT2D eigenvalue weighted by Gasteiger charge is 2.31. The first-order valence-electron chi connectivity index (χ1n) is 8.77. The number of benzene rings is 2. The van der Waals surface area contributed by atoms with Gasteiger partial charge in [0.05, 0.1) is 24.7 Å². The number of rotatable bonds is 5. The summed E-state index contributed by atoms with van der Waals surface area (Å²) in [6.45, 7) is 5.22. The first kappa shape index (κ1) is 18.9. The minimum atomic E-state index is -3.53. The van der Waals surface area contributed by atoms with E-state index in [1.165, 1.54) is 4.31 Å². The fourth-order valence-corrected chi connectivity index (χ4v) is 4.46. The maximum atomic E-state index is 13.0. The lowest BCUT2D eigenvalue weighted by atomic mass is 10.0. The average Bonchev–Trinajstić information content (AvgIpc) is 2.68. The van der Waals surface area contributed by atoms with Crippen molar-refractivity contribution in [3.8, 4) is 5.75 Å². The molecule has 1 aliphatic heterocycles. The summed E-state index contributed by atoms with van der Waals surface area (Å²) in [7, 11) is -1.91. The van der Waals surface area contributed by atoms with Crippen LogP contribution in [-0.2, 0) is 14.8 Å². The molecule has 2 aromatic carbocycles. The number of hydrogen-bond donors (Lipinski definition) is 0.